The van der Waals surface area contributed by atoms with Crippen molar-refractivity contribution in [1.29, 1.82) is 0 Å². The number of thiocarbonyl (C=S) groups is 1. The van der Waals surface area contributed by atoms with Crippen LogP contribution in [0.25, 0.3) is 6.08 Å². The van der Waals surface area contributed by atoms with Crippen LogP contribution in [0, 0.1) is 6.92 Å². The van der Waals surface area contributed by atoms with Crippen molar-refractivity contribution in [2.24, 2.45) is 0 Å². The summed E-state index contributed by atoms with van der Waals surface area (Å²) < 4.78 is 5.46. The molecule has 2 amide bonds. The molecular weight excluding hydrogens is 332 g/mol. The molecule has 5 nitrogen and oxygen atoms in total. The van der Waals surface area contributed by atoms with E-state index in [2.05, 4.69) is 5.43 Å². The minimum Gasteiger partial charge on any atom is -0.465 e. The van der Waals surface area contributed by atoms with Gasteiger partial charge in [-0.1, -0.05) is 29.5 Å². The summed E-state index contributed by atoms with van der Waals surface area (Å²) in [4.78, 5) is 25.0. The van der Waals surface area contributed by atoms with Gasteiger partial charge in [0.05, 0.1) is 11.2 Å². The number of carbonyl (C=O) groups excluding carboxylic acids is 2. The lowest BCUT2D eigenvalue weighted by Gasteiger charge is -2.15. The molecule has 2 heterocycles. The molecule has 0 saturated carbocycles. The minimum absolute atomic E-state index is 0.272. The number of aryl methyl sites for hydroxylation is 1. The Morgan fingerprint density at radius 1 is 1.30 bits per heavy atom. The van der Waals surface area contributed by atoms with Gasteiger partial charge < -0.3 is 4.42 Å². The minimum atomic E-state index is -0.388. The van der Waals surface area contributed by atoms with Crippen molar-refractivity contribution in [1.82, 2.24) is 10.4 Å². The molecule has 1 aromatic carbocycles. The summed E-state index contributed by atoms with van der Waals surface area (Å²) in [6.45, 7) is 1.93. The summed E-state index contributed by atoms with van der Waals surface area (Å²) in [5.74, 6) is -0.215. The lowest BCUT2D eigenvalue weighted by Crippen LogP contribution is -2.44. The van der Waals surface area contributed by atoms with Crippen LogP contribution < -0.4 is 5.43 Å². The van der Waals surface area contributed by atoms with Crippen molar-refractivity contribution in [3.05, 3.63) is 64.5 Å². The molecule has 0 radical (unpaired) electrons. The number of benzene rings is 1. The molecule has 0 atom stereocenters. The van der Waals surface area contributed by atoms with Crippen LogP contribution in [-0.2, 0) is 4.79 Å². The van der Waals surface area contributed by atoms with Crippen LogP contribution in [0.5, 0.6) is 0 Å². The Labute approximate surface area is 142 Å². The number of hydrogen-bond donors (Lipinski definition) is 1. The fourth-order valence-corrected chi connectivity index (χ4v) is 3.10. The first kappa shape index (κ1) is 15.5. The van der Waals surface area contributed by atoms with Gasteiger partial charge in [-0.2, -0.15) is 5.01 Å². The van der Waals surface area contributed by atoms with Gasteiger partial charge in [0.2, 0.25) is 0 Å². The summed E-state index contributed by atoms with van der Waals surface area (Å²) in [6, 6.07) is 10.5. The Morgan fingerprint density at radius 2 is 2.04 bits per heavy atom. The molecule has 0 unspecified atom stereocenters. The number of rotatable bonds is 3. The standard InChI is InChI=1S/C16H12N2O3S2/c1-10-4-6-11(7-5-10)14(19)17-18-15(20)13(23-16(18)22)9-12-3-2-8-21-12/h2-9H,1H3,(H,17,19)/b13-9-. The number of furan rings is 1. The zero-order chi connectivity index (χ0) is 16.4. The van der Waals surface area contributed by atoms with Crippen LogP contribution in [0.3, 0.4) is 0 Å². The van der Waals surface area contributed by atoms with Crippen molar-refractivity contribution in [3.63, 3.8) is 0 Å². The molecule has 0 aliphatic carbocycles. The molecule has 0 bridgehead atoms. The Hall–Kier alpha value is -2.38. The second-order valence-electron chi connectivity index (χ2n) is 4.84. The van der Waals surface area contributed by atoms with Crippen molar-refractivity contribution in [2.45, 2.75) is 6.92 Å². The summed E-state index contributed by atoms with van der Waals surface area (Å²) in [5.41, 5.74) is 4.04. The molecule has 1 N–H and O–H groups in total. The Kier molecular flexibility index (Phi) is 4.31. The number of nitrogens with zero attached hydrogens (tertiary/aromatic N) is 1. The normalized spacial score (nSPS) is 16.2. The predicted molar refractivity (Wildman–Crippen MR) is 92.4 cm³/mol. The molecule has 23 heavy (non-hydrogen) atoms. The highest BCUT2D eigenvalue weighted by Gasteiger charge is 2.34. The molecule has 1 fully saturated rings. The molecule has 1 saturated heterocycles. The molecule has 1 aliphatic rings. The van der Waals surface area contributed by atoms with E-state index in [1.165, 1.54) is 6.26 Å². The lowest BCUT2D eigenvalue weighted by molar-refractivity contribution is -0.123. The first-order valence-electron chi connectivity index (χ1n) is 6.74. The van der Waals surface area contributed by atoms with Crippen molar-refractivity contribution in [2.75, 3.05) is 0 Å². The third kappa shape index (κ3) is 3.35. The fraction of sp³-hybridized carbons (Fsp3) is 0.0625. The SMILES string of the molecule is Cc1ccc(C(=O)NN2C(=O)/C(=C/c3ccco3)SC2=S)cc1. The first-order valence-corrected chi connectivity index (χ1v) is 7.96. The van der Waals surface area contributed by atoms with E-state index in [1.807, 2.05) is 19.1 Å². The van der Waals surface area contributed by atoms with Gasteiger partial charge in [-0.25, -0.2) is 0 Å². The monoisotopic (exact) mass is 344 g/mol. The van der Waals surface area contributed by atoms with E-state index in [9.17, 15) is 9.59 Å². The van der Waals surface area contributed by atoms with Crippen LogP contribution in [-0.4, -0.2) is 21.1 Å². The van der Waals surface area contributed by atoms with E-state index in [1.54, 1.807) is 30.3 Å². The van der Waals surface area contributed by atoms with E-state index in [0.29, 0.717) is 16.2 Å². The van der Waals surface area contributed by atoms with Crippen molar-refractivity contribution < 1.29 is 14.0 Å². The largest absolute Gasteiger partial charge is 0.465 e. The molecule has 2 aromatic rings. The third-order valence-corrected chi connectivity index (χ3v) is 4.44. The average molecular weight is 344 g/mol. The molecule has 0 spiro atoms. The van der Waals surface area contributed by atoms with Crippen LogP contribution >= 0.6 is 24.0 Å². The number of thioether (sulfide) groups is 1. The zero-order valence-corrected chi connectivity index (χ0v) is 13.7. The van der Waals surface area contributed by atoms with Gasteiger partial charge in [0.15, 0.2) is 4.32 Å². The van der Waals surface area contributed by atoms with E-state index in [4.69, 9.17) is 16.6 Å². The van der Waals surface area contributed by atoms with Crippen LogP contribution in [0.4, 0.5) is 0 Å². The molecule has 1 aliphatic heterocycles. The topological polar surface area (TPSA) is 62.6 Å². The van der Waals surface area contributed by atoms with Gasteiger partial charge in [0.1, 0.15) is 5.76 Å². The van der Waals surface area contributed by atoms with E-state index in [-0.39, 0.29) is 16.1 Å². The fourth-order valence-electron chi connectivity index (χ4n) is 1.94. The van der Waals surface area contributed by atoms with Gasteiger partial charge in [0.25, 0.3) is 11.8 Å². The maximum Gasteiger partial charge on any atom is 0.285 e. The lowest BCUT2D eigenvalue weighted by atomic mass is 10.1. The van der Waals surface area contributed by atoms with E-state index < -0.39 is 0 Å². The third-order valence-electron chi connectivity index (χ3n) is 3.14. The second kappa shape index (κ2) is 6.39. The summed E-state index contributed by atoms with van der Waals surface area (Å²) in [7, 11) is 0. The highest BCUT2D eigenvalue weighted by Crippen LogP contribution is 2.31. The van der Waals surface area contributed by atoms with Gasteiger partial charge in [-0.3, -0.25) is 15.0 Å². The van der Waals surface area contributed by atoms with E-state index in [0.717, 1.165) is 22.3 Å². The van der Waals surface area contributed by atoms with Gasteiger partial charge in [-0.15, -0.1) is 0 Å². The Balaban J connectivity index is 1.75. The Morgan fingerprint density at radius 3 is 2.70 bits per heavy atom. The number of nitrogens with one attached hydrogen (secondary N) is 1. The van der Waals surface area contributed by atoms with Crippen LogP contribution in [0.15, 0.2) is 52.0 Å². The molecule has 1 aromatic heterocycles. The molecule has 7 heteroatoms. The molecule has 116 valence electrons. The van der Waals surface area contributed by atoms with Crippen molar-refractivity contribution in [3.8, 4) is 0 Å². The summed E-state index contributed by atoms with van der Waals surface area (Å²) >= 11 is 6.28. The highest BCUT2D eigenvalue weighted by atomic mass is 32.2. The maximum absolute atomic E-state index is 12.4. The number of hydrazine groups is 1. The van der Waals surface area contributed by atoms with Crippen LogP contribution in [0.1, 0.15) is 21.7 Å². The van der Waals surface area contributed by atoms with Crippen molar-refractivity contribution >= 4 is 46.2 Å². The highest BCUT2D eigenvalue weighted by molar-refractivity contribution is 8.26. The van der Waals surface area contributed by atoms with Crippen LogP contribution in [0.2, 0.25) is 0 Å². The Bertz CT molecular complexity index is 795. The zero-order valence-electron chi connectivity index (χ0n) is 12.1. The first-order chi connectivity index (χ1) is 11.0. The quantitative estimate of drug-likeness (QED) is 0.685. The smallest absolute Gasteiger partial charge is 0.285 e. The maximum atomic E-state index is 12.4. The van der Waals surface area contributed by atoms with Gasteiger partial charge in [0, 0.05) is 11.6 Å². The molecular formula is C16H12N2O3S2. The summed E-state index contributed by atoms with van der Waals surface area (Å²) in [5, 5.41) is 1.08. The molecule has 3 rings (SSSR count). The average Bonchev–Trinajstić information content (AvgIpc) is 3.12. The number of amides is 2. The number of carbonyl (C=O) groups is 2. The summed E-state index contributed by atoms with van der Waals surface area (Å²) in [6.07, 6.45) is 3.11. The number of hydrogen-bond acceptors (Lipinski definition) is 5. The van der Waals surface area contributed by atoms with E-state index >= 15 is 0 Å². The second-order valence-corrected chi connectivity index (χ2v) is 6.52. The van der Waals surface area contributed by atoms with Gasteiger partial charge >= 0.3 is 0 Å². The van der Waals surface area contributed by atoms with Gasteiger partial charge in [-0.05, 0) is 43.4 Å². The predicted octanol–water partition coefficient (Wildman–Crippen LogP) is 3.13.